The van der Waals surface area contributed by atoms with Crippen LogP contribution in [0.3, 0.4) is 0 Å². The molecule has 7 heavy (non-hydrogen) atoms. The lowest BCUT2D eigenvalue weighted by molar-refractivity contribution is 0.0827. The fourth-order valence-corrected chi connectivity index (χ4v) is 0.245. The van der Waals surface area contributed by atoms with Gasteiger partial charge in [0.2, 0.25) is 0 Å². The number of nitrogens with two attached hydrogens (primary N) is 1. The van der Waals surface area contributed by atoms with Crippen LogP contribution in [0.4, 0.5) is 0 Å². The second-order valence-corrected chi connectivity index (χ2v) is 1.29. The Balaban J connectivity index is 2.83. The highest BCUT2D eigenvalue weighted by Gasteiger charge is 1.93. The summed E-state index contributed by atoms with van der Waals surface area (Å²) in [5.74, 6) is 0. The van der Waals surface area contributed by atoms with Gasteiger partial charge in [0.25, 0.3) is 0 Å². The fraction of sp³-hybridized carbons (Fsp3) is 1.00. The second kappa shape index (κ2) is 4.05. The van der Waals surface area contributed by atoms with Gasteiger partial charge in [0, 0.05) is 20.1 Å². The summed E-state index contributed by atoms with van der Waals surface area (Å²) in [6.07, 6.45) is 0.209. The lowest BCUT2D eigenvalue weighted by atomic mass is 10.4. The van der Waals surface area contributed by atoms with Crippen LogP contribution >= 0.6 is 0 Å². The highest BCUT2D eigenvalue weighted by atomic mass is 16.5. The minimum absolute atomic E-state index is 0.0923. The first-order chi connectivity index (χ1) is 3.31. The molecule has 0 aromatic rings. The molecule has 0 bridgehead atoms. The molecular formula is C4H11NO2. The summed E-state index contributed by atoms with van der Waals surface area (Å²) in [5.41, 5.74) is 5.20. The molecule has 0 aliphatic carbocycles. The number of aliphatic hydroxyl groups excluding tert-OH is 1. The van der Waals surface area contributed by atoms with Gasteiger partial charge in [-0.05, 0) is 0 Å². The zero-order valence-electron chi connectivity index (χ0n) is 4.42. The molecule has 3 N–H and O–H groups in total. The van der Waals surface area contributed by atoms with Crippen LogP contribution in [0.5, 0.6) is 0 Å². The summed E-state index contributed by atoms with van der Waals surface area (Å²) < 4.78 is 4.61. The summed E-state index contributed by atoms with van der Waals surface area (Å²) in [6, 6.07) is 0. The molecule has 0 aliphatic rings. The Morgan fingerprint density at radius 3 is 2.57 bits per heavy atom. The van der Waals surface area contributed by atoms with Gasteiger partial charge < -0.3 is 15.6 Å². The van der Waals surface area contributed by atoms with Crippen molar-refractivity contribution in [3.63, 3.8) is 0 Å². The van der Waals surface area contributed by atoms with Gasteiger partial charge in [0.15, 0.2) is 0 Å². The minimum Gasteiger partial charge on any atom is -0.396 e. The van der Waals surface area contributed by atoms with Gasteiger partial charge in [-0.25, -0.2) is 0 Å². The predicted molar refractivity (Wildman–Crippen MR) is 26.7 cm³/mol. The molecule has 0 saturated heterocycles. The van der Waals surface area contributed by atoms with E-state index >= 15 is 0 Å². The number of hydrogen-bond donors (Lipinski definition) is 2. The second-order valence-electron chi connectivity index (χ2n) is 1.29. The Hall–Kier alpha value is -0.120. The maximum absolute atomic E-state index is 8.21. The zero-order valence-corrected chi connectivity index (χ0v) is 4.42. The fourth-order valence-electron chi connectivity index (χ4n) is 0.245. The van der Waals surface area contributed by atoms with Crippen LogP contribution in [0.2, 0.25) is 0 Å². The van der Waals surface area contributed by atoms with Crippen LogP contribution in [0.15, 0.2) is 0 Å². The van der Waals surface area contributed by atoms with E-state index in [2.05, 4.69) is 4.74 Å². The van der Waals surface area contributed by atoms with Crippen LogP contribution in [0.25, 0.3) is 0 Å². The van der Waals surface area contributed by atoms with Crippen LogP contribution in [0.1, 0.15) is 6.42 Å². The molecule has 0 radical (unpaired) electrons. The molecule has 0 heterocycles. The summed E-state index contributed by atoms with van der Waals surface area (Å²) >= 11 is 0. The maximum atomic E-state index is 8.21. The average Bonchev–Trinajstić information content (AvgIpc) is 1.68. The van der Waals surface area contributed by atoms with Crippen molar-refractivity contribution in [3.05, 3.63) is 0 Å². The standard InChI is InChI=1S/C4H11NO2/c1-7-4(5)2-3-6/h4,6H,2-3,5H2,1H3. The van der Waals surface area contributed by atoms with E-state index in [1.54, 1.807) is 0 Å². The number of ether oxygens (including phenoxy) is 1. The molecule has 44 valence electrons. The Kier molecular flexibility index (Phi) is 3.98. The van der Waals surface area contributed by atoms with Crippen LogP contribution in [-0.2, 0) is 4.74 Å². The van der Waals surface area contributed by atoms with Crippen molar-refractivity contribution in [2.75, 3.05) is 13.7 Å². The van der Waals surface area contributed by atoms with E-state index in [1.807, 2.05) is 0 Å². The van der Waals surface area contributed by atoms with Gasteiger partial charge in [0.05, 0.1) is 0 Å². The van der Waals surface area contributed by atoms with Crippen LogP contribution < -0.4 is 5.73 Å². The molecule has 1 unspecified atom stereocenters. The third-order valence-electron chi connectivity index (χ3n) is 0.716. The van der Waals surface area contributed by atoms with Gasteiger partial charge in [-0.1, -0.05) is 0 Å². The molecule has 0 rings (SSSR count). The van der Waals surface area contributed by atoms with Crippen molar-refractivity contribution in [1.29, 1.82) is 0 Å². The van der Waals surface area contributed by atoms with Crippen molar-refractivity contribution < 1.29 is 9.84 Å². The number of rotatable bonds is 3. The van der Waals surface area contributed by atoms with Crippen molar-refractivity contribution in [1.82, 2.24) is 0 Å². The lowest BCUT2D eigenvalue weighted by Gasteiger charge is -2.04. The highest BCUT2D eigenvalue weighted by Crippen LogP contribution is 1.83. The molecule has 3 heteroatoms. The van der Waals surface area contributed by atoms with E-state index < -0.39 is 0 Å². The molecule has 1 atom stereocenters. The number of hydrogen-bond acceptors (Lipinski definition) is 3. The van der Waals surface area contributed by atoms with E-state index in [9.17, 15) is 0 Å². The maximum Gasteiger partial charge on any atom is 0.107 e. The molecule has 0 aromatic carbocycles. The minimum atomic E-state index is -0.301. The van der Waals surface area contributed by atoms with Crippen molar-refractivity contribution in [3.8, 4) is 0 Å². The van der Waals surface area contributed by atoms with Gasteiger partial charge in [-0.15, -0.1) is 0 Å². The Morgan fingerprint density at radius 2 is 2.43 bits per heavy atom. The predicted octanol–water partition coefficient (Wildman–Crippen LogP) is -0.700. The van der Waals surface area contributed by atoms with Crippen molar-refractivity contribution in [2.45, 2.75) is 12.6 Å². The highest BCUT2D eigenvalue weighted by molar-refractivity contribution is 4.41. The SMILES string of the molecule is COC(N)CCO. The molecule has 0 fully saturated rings. The third-order valence-corrected chi connectivity index (χ3v) is 0.716. The molecule has 0 amide bonds. The molecule has 3 nitrogen and oxygen atoms in total. The van der Waals surface area contributed by atoms with E-state index in [1.165, 1.54) is 7.11 Å². The molecule has 0 spiro atoms. The number of methoxy groups -OCH3 is 1. The van der Waals surface area contributed by atoms with Crippen LogP contribution in [-0.4, -0.2) is 25.1 Å². The van der Waals surface area contributed by atoms with E-state index in [-0.39, 0.29) is 12.8 Å². The summed E-state index contributed by atoms with van der Waals surface area (Å²) in [4.78, 5) is 0. The zero-order chi connectivity index (χ0) is 5.70. The Labute approximate surface area is 43.1 Å². The van der Waals surface area contributed by atoms with Gasteiger partial charge in [0.1, 0.15) is 6.23 Å². The largest absolute Gasteiger partial charge is 0.396 e. The molecule has 0 aromatic heterocycles. The first-order valence-electron chi connectivity index (χ1n) is 2.20. The summed E-state index contributed by atoms with van der Waals surface area (Å²) in [7, 11) is 1.51. The van der Waals surface area contributed by atoms with Crippen molar-refractivity contribution in [2.24, 2.45) is 5.73 Å². The topological polar surface area (TPSA) is 55.5 Å². The van der Waals surface area contributed by atoms with Crippen LogP contribution in [0, 0.1) is 0 Å². The molecule has 0 aliphatic heterocycles. The van der Waals surface area contributed by atoms with E-state index in [4.69, 9.17) is 10.8 Å². The monoisotopic (exact) mass is 105 g/mol. The van der Waals surface area contributed by atoms with E-state index in [0.717, 1.165) is 0 Å². The first-order valence-corrected chi connectivity index (χ1v) is 2.20. The van der Waals surface area contributed by atoms with Crippen molar-refractivity contribution >= 4 is 0 Å². The van der Waals surface area contributed by atoms with E-state index in [0.29, 0.717) is 6.42 Å². The molecular weight excluding hydrogens is 94.0 g/mol. The summed E-state index contributed by atoms with van der Waals surface area (Å²) in [5, 5.41) is 8.21. The normalized spacial score (nSPS) is 14.1. The average molecular weight is 105 g/mol. The summed E-state index contributed by atoms with van der Waals surface area (Å²) in [6.45, 7) is 0.0923. The Morgan fingerprint density at radius 1 is 1.86 bits per heavy atom. The third kappa shape index (κ3) is 3.72. The van der Waals surface area contributed by atoms with Gasteiger partial charge >= 0.3 is 0 Å². The molecule has 0 saturated carbocycles. The Bertz CT molecular complexity index is 40.7. The lowest BCUT2D eigenvalue weighted by Crippen LogP contribution is -2.22. The quantitative estimate of drug-likeness (QED) is 0.467. The number of aliphatic hydroxyl groups is 1. The first kappa shape index (κ1) is 6.88. The van der Waals surface area contributed by atoms with Gasteiger partial charge in [-0.2, -0.15) is 0 Å². The smallest absolute Gasteiger partial charge is 0.107 e. The van der Waals surface area contributed by atoms with Gasteiger partial charge in [-0.3, -0.25) is 0 Å².